The molecule has 5 rings (SSSR count). The Hall–Kier alpha value is -2.59. The standard InChI is InChI=1S/C20H17NO3/c22-19-15-8-9-17-16(11-21(12-23-17)14-6-7-14)20(15)24-18(19)10-13-4-2-1-3-5-13/h1-5,8-10,14H,6-7,11-12H2/b18-10-. The van der Waals surface area contributed by atoms with E-state index in [1.165, 1.54) is 12.8 Å². The highest BCUT2D eigenvalue weighted by Crippen LogP contribution is 2.43. The molecule has 4 nitrogen and oxygen atoms in total. The number of carbonyl (C=O) groups is 1. The molecular weight excluding hydrogens is 302 g/mol. The van der Waals surface area contributed by atoms with E-state index in [-0.39, 0.29) is 5.78 Å². The molecule has 24 heavy (non-hydrogen) atoms. The van der Waals surface area contributed by atoms with Crippen molar-refractivity contribution in [2.24, 2.45) is 0 Å². The number of fused-ring (bicyclic) bond motifs is 3. The van der Waals surface area contributed by atoms with Crippen molar-refractivity contribution in [3.05, 3.63) is 64.9 Å². The van der Waals surface area contributed by atoms with Gasteiger partial charge in [0.25, 0.3) is 0 Å². The Balaban J connectivity index is 1.52. The van der Waals surface area contributed by atoms with Crippen LogP contribution in [0.2, 0.25) is 0 Å². The predicted molar refractivity (Wildman–Crippen MR) is 89.9 cm³/mol. The van der Waals surface area contributed by atoms with Gasteiger partial charge in [-0.1, -0.05) is 30.3 Å². The van der Waals surface area contributed by atoms with Crippen LogP contribution in [0.5, 0.6) is 11.5 Å². The number of hydrogen-bond acceptors (Lipinski definition) is 4. The number of Topliss-reactive ketones (excluding diaryl/α,β-unsaturated/α-hetero) is 1. The number of hydrogen-bond donors (Lipinski definition) is 0. The van der Waals surface area contributed by atoms with Gasteiger partial charge in [0.15, 0.2) is 5.76 Å². The van der Waals surface area contributed by atoms with Gasteiger partial charge >= 0.3 is 0 Å². The van der Waals surface area contributed by atoms with Gasteiger partial charge in [-0.25, -0.2) is 0 Å². The SMILES string of the molecule is O=C1/C(=C/c2ccccc2)Oc2c1ccc1c2CN(C2CC2)CO1. The maximum atomic E-state index is 12.7. The lowest BCUT2D eigenvalue weighted by Gasteiger charge is -2.29. The summed E-state index contributed by atoms with van der Waals surface area (Å²) in [6.45, 7) is 1.41. The highest BCUT2D eigenvalue weighted by atomic mass is 16.5. The molecule has 2 heterocycles. The third-order valence-electron chi connectivity index (χ3n) is 4.81. The van der Waals surface area contributed by atoms with Gasteiger partial charge < -0.3 is 9.47 Å². The highest BCUT2D eigenvalue weighted by molar-refractivity contribution is 6.15. The molecule has 0 spiro atoms. The number of ether oxygens (including phenoxy) is 2. The third kappa shape index (κ3) is 2.22. The van der Waals surface area contributed by atoms with Crippen LogP contribution in [-0.4, -0.2) is 23.5 Å². The maximum absolute atomic E-state index is 12.7. The van der Waals surface area contributed by atoms with Crippen molar-refractivity contribution in [3.63, 3.8) is 0 Å². The lowest BCUT2D eigenvalue weighted by molar-refractivity contribution is 0.0868. The van der Waals surface area contributed by atoms with Crippen LogP contribution in [0.4, 0.5) is 0 Å². The smallest absolute Gasteiger partial charge is 0.231 e. The summed E-state index contributed by atoms with van der Waals surface area (Å²) in [4.78, 5) is 15.0. The molecule has 0 bridgehead atoms. The van der Waals surface area contributed by atoms with Crippen molar-refractivity contribution < 1.29 is 14.3 Å². The number of allylic oxidation sites excluding steroid dienone is 1. The molecule has 0 unspecified atom stereocenters. The molecule has 1 saturated carbocycles. The second-order valence-corrected chi connectivity index (χ2v) is 6.52. The van der Waals surface area contributed by atoms with Crippen LogP contribution >= 0.6 is 0 Å². The van der Waals surface area contributed by atoms with Crippen LogP contribution in [-0.2, 0) is 6.54 Å². The highest BCUT2D eigenvalue weighted by Gasteiger charge is 2.37. The van der Waals surface area contributed by atoms with Crippen LogP contribution in [0.25, 0.3) is 6.08 Å². The Morgan fingerprint density at radius 3 is 2.71 bits per heavy atom. The molecule has 0 saturated heterocycles. The first kappa shape index (κ1) is 13.8. The number of benzene rings is 2. The minimum absolute atomic E-state index is 0.0554. The van der Waals surface area contributed by atoms with Crippen molar-refractivity contribution in [1.82, 2.24) is 4.90 Å². The summed E-state index contributed by atoms with van der Waals surface area (Å²) in [7, 11) is 0. The van der Waals surface area contributed by atoms with Crippen LogP contribution < -0.4 is 9.47 Å². The molecule has 3 aliphatic rings. The number of carbonyl (C=O) groups excluding carboxylic acids is 1. The summed E-state index contributed by atoms with van der Waals surface area (Å²) in [6, 6.07) is 14.1. The zero-order valence-corrected chi connectivity index (χ0v) is 13.2. The minimum atomic E-state index is -0.0554. The van der Waals surface area contributed by atoms with Crippen molar-refractivity contribution in [2.45, 2.75) is 25.4 Å². The normalized spacial score (nSPS) is 21.2. The third-order valence-corrected chi connectivity index (χ3v) is 4.81. The van der Waals surface area contributed by atoms with Crippen LogP contribution in [0.3, 0.4) is 0 Å². The van der Waals surface area contributed by atoms with Gasteiger partial charge in [0.1, 0.15) is 18.2 Å². The van der Waals surface area contributed by atoms with E-state index in [0.29, 0.717) is 29.8 Å². The van der Waals surface area contributed by atoms with E-state index in [1.807, 2.05) is 42.5 Å². The molecule has 1 fully saturated rings. The minimum Gasteiger partial charge on any atom is -0.478 e. The number of rotatable bonds is 2. The maximum Gasteiger partial charge on any atom is 0.231 e. The van der Waals surface area contributed by atoms with E-state index < -0.39 is 0 Å². The Morgan fingerprint density at radius 2 is 1.92 bits per heavy atom. The quantitative estimate of drug-likeness (QED) is 0.793. The summed E-state index contributed by atoms with van der Waals surface area (Å²) in [5, 5.41) is 0. The van der Waals surface area contributed by atoms with Gasteiger partial charge in [-0.05, 0) is 36.6 Å². The second kappa shape index (κ2) is 5.21. The molecule has 0 amide bonds. The molecule has 2 aliphatic heterocycles. The molecule has 2 aromatic rings. The fourth-order valence-electron chi connectivity index (χ4n) is 3.35. The molecule has 4 heteroatoms. The zero-order chi connectivity index (χ0) is 16.1. The van der Waals surface area contributed by atoms with Gasteiger partial charge in [-0.15, -0.1) is 0 Å². The Morgan fingerprint density at radius 1 is 1.08 bits per heavy atom. The van der Waals surface area contributed by atoms with Gasteiger partial charge in [-0.3, -0.25) is 9.69 Å². The van der Waals surface area contributed by atoms with Crippen molar-refractivity contribution in [3.8, 4) is 11.5 Å². The van der Waals surface area contributed by atoms with Crippen LogP contribution in [0.1, 0.15) is 34.3 Å². The fraction of sp³-hybridized carbons (Fsp3) is 0.250. The summed E-state index contributed by atoms with van der Waals surface area (Å²) in [5.74, 6) is 1.83. The van der Waals surface area contributed by atoms with Crippen LogP contribution in [0, 0.1) is 0 Å². The lowest BCUT2D eigenvalue weighted by Crippen LogP contribution is -2.33. The molecule has 0 atom stereocenters. The van der Waals surface area contributed by atoms with Crippen molar-refractivity contribution in [2.75, 3.05) is 6.73 Å². The molecular formula is C20H17NO3. The average molecular weight is 319 g/mol. The van der Waals surface area contributed by atoms with Gasteiger partial charge in [-0.2, -0.15) is 0 Å². The van der Waals surface area contributed by atoms with E-state index in [1.54, 1.807) is 6.08 Å². The summed E-state index contributed by atoms with van der Waals surface area (Å²) >= 11 is 0. The Labute approximate surface area is 140 Å². The molecule has 2 aromatic carbocycles. The second-order valence-electron chi connectivity index (χ2n) is 6.52. The first-order valence-electron chi connectivity index (χ1n) is 8.31. The molecule has 0 radical (unpaired) electrons. The van der Waals surface area contributed by atoms with Crippen molar-refractivity contribution in [1.29, 1.82) is 0 Å². The largest absolute Gasteiger partial charge is 0.478 e. The van der Waals surface area contributed by atoms with Crippen LogP contribution in [0.15, 0.2) is 48.2 Å². The van der Waals surface area contributed by atoms with E-state index >= 15 is 0 Å². The lowest BCUT2D eigenvalue weighted by atomic mass is 10.0. The Bertz CT molecular complexity index is 853. The monoisotopic (exact) mass is 319 g/mol. The molecule has 1 aliphatic carbocycles. The summed E-state index contributed by atoms with van der Waals surface area (Å²) in [6.07, 6.45) is 4.26. The van der Waals surface area contributed by atoms with Gasteiger partial charge in [0, 0.05) is 12.6 Å². The number of ketones is 1. The molecule has 0 N–H and O–H groups in total. The fourth-order valence-corrected chi connectivity index (χ4v) is 3.35. The van der Waals surface area contributed by atoms with E-state index in [0.717, 1.165) is 23.4 Å². The molecule has 120 valence electrons. The first-order valence-corrected chi connectivity index (χ1v) is 8.31. The van der Waals surface area contributed by atoms with Crippen molar-refractivity contribution >= 4 is 11.9 Å². The van der Waals surface area contributed by atoms with Gasteiger partial charge in [0.2, 0.25) is 5.78 Å². The van der Waals surface area contributed by atoms with E-state index in [4.69, 9.17) is 9.47 Å². The predicted octanol–water partition coefficient (Wildman–Crippen LogP) is 3.62. The topological polar surface area (TPSA) is 38.8 Å². The summed E-state index contributed by atoms with van der Waals surface area (Å²) < 4.78 is 11.8. The average Bonchev–Trinajstić information content (AvgIpc) is 3.42. The number of nitrogens with zero attached hydrogens (tertiary/aromatic N) is 1. The Kier molecular flexibility index (Phi) is 3.00. The zero-order valence-electron chi connectivity index (χ0n) is 13.2. The van der Waals surface area contributed by atoms with E-state index in [9.17, 15) is 4.79 Å². The first-order chi connectivity index (χ1) is 11.8. The van der Waals surface area contributed by atoms with Gasteiger partial charge in [0.05, 0.1) is 11.1 Å². The summed E-state index contributed by atoms with van der Waals surface area (Å²) in [5.41, 5.74) is 2.59. The molecule has 0 aromatic heterocycles. The van der Waals surface area contributed by atoms with E-state index in [2.05, 4.69) is 4.90 Å².